The maximum absolute atomic E-state index is 14.7. The van der Waals surface area contributed by atoms with E-state index in [0.29, 0.717) is 6.42 Å². The SMILES string of the molecule is CC(C)/C=C/C1CCN2C(=O)[C@@H](Nc3ncccc3F)C(C)(C)COC(=O)[C@@H]3C[C@@H](C[C@@H](C#N)NC(=O)[C@H]12)C(=O)N3. The Balaban J connectivity index is 1.76. The molecule has 12 heteroatoms. The summed E-state index contributed by atoms with van der Waals surface area (Å²) in [4.78, 5) is 59.1. The fourth-order valence-corrected chi connectivity index (χ4v) is 5.58. The summed E-state index contributed by atoms with van der Waals surface area (Å²) in [5.41, 5.74) is -1.10. The van der Waals surface area contributed by atoms with E-state index in [4.69, 9.17) is 4.74 Å². The molecule has 11 nitrogen and oxygen atoms in total. The smallest absolute Gasteiger partial charge is 0.328 e. The molecule has 6 atom stereocenters. The van der Waals surface area contributed by atoms with Gasteiger partial charge in [0.05, 0.1) is 12.7 Å². The molecule has 2 bridgehead atoms. The molecule has 4 rings (SSSR count). The van der Waals surface area contributed by atoms with Gasteiger partial charge in [0.2, 0.25) is 17.7 Å². The van der Waals surface area contributed by atoms with Crippen LogP contribution in [0.3, 0.4) is 0 Å². The van der Waals surface area contributed by atoms with Crippen LogP contribution in [0.4, 0.5) is 10.2 Å². The lowest BCUT2D eigenvalue weighted by atomic mass is 9.83. The molecule has 0 saturated carbocycles. The Labute approximate surface area is 238 Å². The molecule has 4 heterocycles. The first kappa shape index (κ1) is 30.0. The summed E-state index contributed by atoms with van der Waals surface area (Å²) in [5.74, 6) is -3.69. The number of pyridine rings is 1. The molecule has 41 heavy (non-hydrogen) atoms. The minimum absolute atomic E-state index is 0.0135. The maximum Gasteiger partial charge on any atom is 0.328 e. The van der Waals surface area contributed by atoms with E-state index < -0.39 is 65.0 Å². The largest absolute Gasteiger partial charge is 0.463 e. The van der Waals surface area contributed by atoms with Gasteiger partial charge in [0.1, 0.15) is 24.2 Å². The lowest BCUT2D eigenvalue weighted by Crippen LogP contribution is -2.57. The topological polar surface area (TPSA) is 154 Å². The Bertz CT molecular complexity index is 1260. The summed E-state index contributed by atoms with van der Waals surface area (Å²) in [6.45, 7) is 7.40. The highest BCUT2D eigenvalue weighted by atomic mass is 19.1. The second-order valence-corrected chi connectivity index (χ2v) is 12.0. The Morgan fingerprint density at radius 3 is 2.66 bits per heavy atom. The molecule has 3 amide bonds. The number of carbonyl (C=O) groups is 4. The number of aromatic nitrogens is 1. The van der Waals surface area contributed by atoms with Gasteiger partial charge in [-0.2, -0.15) is 5.26 Å². The van der Waals surface area contributed by atoms with Crippen LogP contribution in [0.1, 0.15) is 47.0 Å². The number of amides is 3. The van der Waals surface area contributed by atoms with Gasteiger partial charge in [0, 0.05) is 30.0 Å². The molecule has 0 aromatic carbocycles. The van der Waals surface area contributed by atoms with Crippen molar-refractivity contribution in [2.45, 2.75) is 71.1 Å². The van der Waals surface area contributed by atoms with Crippen LogP contribution in [-0.2, 0) is 23.9 Å². The first-order valence-electron chi connectivity index (χ1n) is 13.9. The molecule has 1 aromatic rings. The van der Waals surface area contributed by atoms with Crippen LogP contribution in [0.25, 0.3) is 0 Å². The van der Waals surface area contributed by atoms with Crippen LogP contribution in [-0.4, -0.2) is 70.9 Å². The molecule has 220 valence electrons. The van der Waals surface area contributed by atoms with Crippen molar-refractivity contribution < 1.29 is 28.3 Å². The minimum atomic E-state index is -1.15. The zero-order valence-corrected chi connectivity index (χ0v) is 23.7. The second-order valence-electron chi connectivity index (χ2n) is 12.0. The van der Waals surface area contributed by atoms with E-state index in [1.807, 2.05) is 32.1 Å². The van der Waals surface area contributed by atoms with Crippen molar-refractivity contribution in [1.29, 1.82) is 5.26 Å². The predicted molar refractivity (Wildman–Crippen MR) is 146 cm³/mol. The lowest BCUT2D eigenvalue weighted by Gasteiger charge is -2.38. The molecule has 3 saturated heterocycles. The Hall–Kier alpha value is -4.01. The average molecular weight is 569 g/mol. The van der Waals surface area contributed by atoms with Gasteiger partial charge in [-0.05, 0) is 37.3 Å². The van der Waals surface area contributed by atoms with Crippen LogP contribution in [0, 0.1) is 40.3 Å². The predicted octanol–water partition coefficient (Wildman–Crippen LogP) is 1.92. The van der Waals surface area contributed by atoms with Gasteiger partial charge in [-0.15, -0.1) is 0 Å². The zero-order chi connectivity index (χ0) is 29.9. The van der Waals surface area contributed by atoms with Crippen molar-refractivity contribution in [2.75, 3.05) is 18.5 Å². The van der Waals surface area contributed by atoms with E-state index in [1.165, 1.54) is 23.2 Å². The highest BCUT2D eigenvalue weighted by Crippen LogP contribution is 2.33. The monoisotopic (exact) mass is 568 g/mol. The second kappa shape index (κ2) is 12.2. The lowest BCUT2D eigenvalue weighted by molar-refractivity contribution is -0.152. The van der Waals surface area contributed by atoms with E-state index >= 15 is 0 Å². The fraction of sp³-hybridized carbons (Fsp3) is 0.586. The van der Waals surface area contributed by atoms with Crippen molar-refractivity contribution in [3.8, 4) is 6.07 Å². The molecule has 1 unspecified atom stereocenters. The Kier molecular flexibility index (Phi) is 8.95. The average Bonchev–Trinajstić information content (AvgIpc) is 3.52. The summed E-state index contributed by atoms with van der Waals surface area (Å²) in [5, 5.41) is 18.1. The number of ether oxygens (including phenoxy) is 1. The third-order valence-corrected chi connectivity index (χ3v) is 7.88. The van der Waals surface area contributed by atoms with Gasteiger partial charge >= 0.3 is 5.97 Å². The molecule has 0 aliphatic carbocycles. The van der Waals surface area contributed by atoms with Crippen molar-refractivity contribution >= 4 is 29.5 Å². The van der Waals surface area contributed by atoms with Crippen LogP contribution in [0.2, 0.25) is 0 Å². The molecular weight excluding hydrogens is 531 g/mol. The van der Waals surface area contributed by atoms with Gasteiger partial charge < -0.3 is 25.6 Å². The van der Waals surface area contributed by atoms with Crippen molar-refractivity contribution in [3.05, 3.63) is 36.3 Å². The number of halogens is 1. The maximum atomic E-state index is 14.7. The molecular formula is C29H37FN6O5. The normalized spacial score (nSPS) is 30.6. The number of hydrogen-bond donors (Lipinski definition) is 3. The number of rotatable bonds is 4. The first-order chi connectivity index (χ1) is 19.4. The van der Waals surface area contributed by atoms with Gasteiger partial charge in [-0.25, -0.2) is 14.2 Å². The van der Waals surface area contributed by atoms with Crippen molar-refractivity contribution in [1.82, 2.24) is 20.5 Å². The molecule has 3 aliphatic rings. The minimum Gasteiger partial charge on any atom is -0.463 e. The third kappa shape index (κ3) is 6.66. The van der Waals surface area contributed by atoms with Gasteiger partial charge in [0.15, 0.2) is 11.6 Å². The number of esters is 1. The summed E-state index contributed by atoms with van der Waals surface area (Å²) in [6, 6.07) is 0.647. The van der Waals surface area contributed by atoms with Gasteiger partial charge in [0.25, 0.3) is 0 Å². The number of cyclic esters (lactones) is 1. The molecule has 3 fully saturated rings. The molecule has 3 aliphatic heterocycles. The van der Waals surface area contributed by atoms with E-state index in [1.54, 1.807) is 13.8 Å². The number of hydrogen-bond acceptors (Lipinski definition) is 8. The van der Waals surface area contributed by atoms with Gasteiger partial charge in [-0.3, -0.25) is 14.4 Å². The number of nitriles is 1. The number of anilines is 1. The van der Waals surface area contributed by atoms with E-state index in [-0.39, 0.29) is 43.6 Å². The first-order valence-corrected chi connectivity index (χ1v) is 13.9. The van der Waals surface area contributed by atoms with Crippen LogP contribution < -0.4 is 16.0 Å². The number of nitrogens with one attached hydrogen (secondary N) is 3. The summed E-state index contributed by atoms with van der Waals surface area (Å²) in [7, 11) is 0. The molecule has 0 spiro atoms. The molecule has 0 radical (unpaired) electrons. The van der Waals surface area contributed by atoms with Gasteiger partial charge in [-0.1, -0.05) is 39.8 Å². The Morgan fingerprint density at radius 1 is 1.22 bits per heavy atom. The van der Waals surface area contributed by atoms with Crippen molar-refractivity contribution in [2.24, 2.45) is 23.2 Å². The molecule has 1 aromatic heterocycles. The van der Waals surface area contributed by atoms with E-state index in [2.05, 4.69) is 20.9 Å². The highest BCUT2D eigenvalue weighted by Gasteiger charge is 2.48. The summed E-state index contributed by atoms with van der Waals surface area (Å²) in [6.07, 6.45) is 5.89. The number of allylic oxidation sites excluding steroid dienone is 1. The third-order valence-electron chi connectivity index (χ3n) is 7.88. The standard InChI is InChI=1S/C29H37FN6O5/c1-16(2)7-8-17-9-11-36-22(17)26(38)33-19(14-31)12-18-13-21(34-25(18)37)28(40)41-15-29(3,4)23(27(36)39)35-24-20(30)6-5-10-32-24/h5-8,10,16-19,21-23H,9,11-13,15H2,1-4H3,(H,32,35)(H,33,38)(H,34,37)/b8-7+/t17?,18-,19+,21+,22+,23-/m1/s1. The number of fused-ring (bicyclic) bond motifs is 3. The Morgan fingerprint density at radius 2 is 1.98 bits per heavy atom. The van der Waals surface area contributed by atoms with E-state index in [9.17, 15) is 28.8 Å². The molecule has 3 N–H and O–H groups in total. The number of carbonyl (C=O) groups excluding carboxylic acids is 4. The summed E-state index contributed by atoms with van der Waals surface area (Å²) < 4.78 is 20.3. The van der Waals surface area contributed by atoms with Crippen molar-refractivity contribution in [3.63, 3.8) is 0 Å². The fourth-order valence-electron chi connectivity index (χ4n) is 5.58. The highest BCUT2D eigenvalue weighted by molar-refractivity contribution is 5.93. The summed E-state index contributed by atoms with van der Waals surface area (Å²) >= 11 is 0. The van der Waals surface area contributed by atoms with Crippen LogP contribution in [0.15, 0.2) is 30.5 Å². The van der Waals surface area contributed by atoms with E-state index in [0.717, 1.165) is 0 Å². The number of nitrogens with zero attached hydrogens (tertiary/aromatic N) is 3. The van der Waals surface area contributed by atoms with Crippen LogP contribution >= 0.6 is 0 Å². The van der Waals surface area contributed by atoms with Crippen LogP contribution in [0.5, 0.6) is 0 Å². The quantitative estimate of drug-likeness (QED) is 0.368. The zero-order valence-electron chi connectivity index (χ0n) is 23.7.